The highest BCUT2D eigenvalue weighted by atomic mass is 32.1. The van der Waals surface area contributed by atoms with Gasteiger partial charge in [0.2, 0.25) is 5.95 Å². The smallest absolute Gasteiger partial charge is 0.251 e. The molecule has 11 heteroatoms. The van der Waals surface area contributed by atoms with Crippen LogP contribution in [0, 0.1) is 0 Å². The lowest BCUT2D eigenvalue weighted by Crippen LogP contribution is -2.51. The van der Waals surface area contributed by atoms with Gasteiger partial charge in [-0.15, -0.1) is 16.4 Å². The van der Waals surface area contributed by atoms with Crippen LogP contribution in [0.15, 0.2) is 36.0 Å². The fourth-order valence-electron chi connectivity index (χ4n) is 4.44. The van der Waals surface area contributed by atoms with E-state index < -0.39 is 5.54 Å². The summed E-state index contributed by atoms with van der Waals surface area (Å²) in [5, 5.41) is 21.1. The average molecular weight is 464 g/mol. The number of aromatic amines is 1. The number of nitrogens with one attached hydrogen (secondary N) is 3. The number of hydrogen-bond donors (Lipinski definition) is 3. The number of carbonyl (C=O) groups is 1. The van der Waals surface area contributed by atoms with E-state index in [-0.39, 0.29) is 11.3 Å². The van der Waals surface area contributed by atoms with Gasteiger partial charge in [0, 0.05) is 41.5 Å². The molecular weight excluding hydrogens is 438 g/mol. The van der Waals surface area contributed by atoms with E-state index in [0.29, 0.717) is 29.9 Å². The number of thiazole rings is 1. The van der Waals surface area contributed by atoms with E-state index in [0.717, 1.165) is 23.4 Å². The Morgan fingerprint density at radius 2 is 2.15 bits per heavy atom. The minimum absolute atomic E-state index is 0.102. The Kier molecular flexibility index (Phi) is 4.44. The van der Waals surface area contributed by atoms with Crippen LogP contribution >= 0.6 is 11.3 Å². The summed E-state index contributed by atoms with van der Waals surface area (Å²) in [6.07, 6.45) is 7.49. The summed E-state index contributed by atoms with van der Waals surface area (Å²) in [5.74, 6) is 1.77. The number of fused-ring (bicyclic) bond motifs is 1. The lowest BCUT2D eigenvalue weighted by Gasteiger charge is -2.33. The lowest BCUT2D eigenvalue weighted by atomic mass is 9.98. The zero-order valence-corrected chi connectivity index (χ0v) is 19.3. The Labute approximate surface area is 194 Å². The monoisotopic (exact) mass is 463 g/mol. The van der Waals surface area contributed by atoms with Crippen molar-refractivity contribution >= 4 is 45.5 Å². The molecule has 4 aromatic rings. The summed E-state index contributed by atoms with van der Waals surface area (Å²) in [4.78, 5) is 24.3. The second-order valence-electron chi connectivity index (χ2n) is 9.27. The molecule has 0 spiro atoms. The molecule has 2 fully saturated rings. The van der Waals surface area contributed by atoms with Crippen molar-refractivity contribution in [2.75, 3.05) is 22.1 Å². The van der Waals surface area contributed by atoms with Crippen molar-refractivity contribution in [3.63, 3.8) is 0 Å². The van der Waals surface area contributed by atoms with Gasteiger partial charge in [-0.3, -0.25) is 15.2 Å². The maximum atomic E-state index is 13.2. The van der Waals surface area contributed by atoms with Crippen LogP contribution in [0.4, 0.5) is 22.7 Å². The maximum absolute atomic E-state index is 13.2. The van der Waals surface area contributed by atoms with Crippen LogP contribution < -0.4 is 15.5 Å². The Hall–Kier alpha value is -3.47. The van der Waals surface area contributed by atoms with Crippen molar-refractivity contribution in [3.8, 4) is 0 Å². The van der Waals surface area contributed by atoms with Gasteiger partial charge in [0.15, 0.2) is 16.8 Å². The van der Waals surface area contributed by atoms with Crippen molar-refractivity contribution in [3.05, 3.63) is 41.7 Å². The summed E-state index contributed by atoms with van der Waals surface area (Å²) in [6, 6.07) is 5.94. The minimum atomic E-state index is -0.774. The topological polar surface area (TPSA) is 116 Å². The van der Waals surface area contributed by atoms with Gasteiger partial charge in [-0.25, -0.2) is 9.50 Å². The minimum Gasteiger partial charge on any atom is -0.325 e. The first kappa shape index (κ1) is 20.2. The zero-order valence-electron chi connectivity index (χ0n) is 18.5. The molecule has 1 saturated carbocycles. The van der Waals surface area contributed by atoms with Crippen molar-refractivity contribution in [2.45, 2.75) is 50.5 Å². The molecular formula is C22H25N9OS. The fourth-order valence-corrected chi connectivity index (χ4v) is 4.96. The molecule has 1 aliphatic heterocycles. The second kappa shape index (κ2) is 7.27. The molecule has 3 N–H and O–H groups in total. The number of rotatable bonds is 6. The maximum Gasteiger partial charge on any atom is 0.251 e. The van der Waals surface area contributed by atoms with Crippen LogP contribution in [0.1, 0.15) is 45.2 Å². The molecule has 10 nitrogen and oxygen atoms in total. The number of nitrogens with zero attached hydrogens (tertiary/aromatic N) is 6. The SMILES string of the molecule is CC1(c2cc(Nc3nc(N4CCC[C@@]4(C)C(=O)Nc4nccs4)nn4cccc34)n[nH]2)CC1. The summed E-state index contributed by atoms with van der Waals surface area (Å²) < 4.78 is 1.79. The molecule has 170 valence electrons. The van der Waals surface area contributed by atoms with Crippen molar-refractivity contribution in [2.24, 2.45) is 0 Å². The van der Waals surface area contributed by atoms with Gasteiger partial charge in [-0.05, 0) is 44.7 Å². The number of anilines is 4. The Morgan fingerprint density at radius 3 is 2.94 bits per heavy atom. The molecule has 33 heavy (non-hydrogen) atoms. The zero-order chi connectivity index (χ0) is 22.6. The number of amides is 1. The van der Waals surface area contributed by atoms with E-state index in [1.54, 1.807) is 10.7 Å². The third-order valence-corrected chi connectivity index (χ3v) is 7.57. The number of hydrogen-bond acceptors (Lipinski definition) is 8. The second-order valence-corrected chi connectivity index (χ2v) is 10.2. The summed E-state index contributed by atoms with van der Waals surface area (Å²) in [6.45, 7) is 4.87. The molecule has 6 rings (SSSR count). The summed E-state index contributed by atoms with van der Waals surface area (Å²) in [7, 11) is 0. The van der Waals surface area contributed by atoms with Crippen LogP contribution in [0.3, 0.4) is 0 Å². The molecule has 4 aromatic heterocycles. The number of aromatic nitrogens is 6. The molecule has 0 bridgehead atoms. The van der Waals surface area contributed by atoms with E-state index in [9.17, 15) is 4.79 Å². The van der Waals surface area contributed by atoms with Crippen LogP contribution in [0.5, 0.6) is 0 Å². The largest absolute Gasteiger partial charge is 0.325 e. The number of carbonyl (C=O) groups excluding carboxylic acids is 1. The van der Waals surface area contributed by atoms with Crippen molar-refractivity contribution in [1.82, 2.24) is 29.8 Å². The van der Waals surface area contributed by atoms with Crippen LogP contribution in [0.25, 0.3) is 5.52 Å². The highest BCUT2D eigenvalue weighted by molar-refractivity contribution is 7.13. The van der Waals surface area contributed by atoms with Crippen LogP contribution in [0.2, 0.25) is 0 Å². The first-order valence-electron chi connectivity index (χ1n) is 11.1. The van der Waals surface area contributed by atoms with Crippen LogP contribution in [-0.4, -0.2) is 47.8 Å². The molecule has 0 radical (unpaired) electrons. The highest BCUT2D eigenvalue weighted by Crippen LogP contribution is 2.47. The molecule has 5 heterocycles. The van der Waals surface area contributed by atoms with Gasteiger partial charge >= 0.3 is 0 Å². The third kappa shape index (κ3) is 3.43. The Morgan fingerprint density at radius 1 is 1.27 bits per heavy atom. The predicted octanol–water partition coefficient (Wildman–Crippen LogP) is 3.70. The first-order chi connectivity index (χ1) is 15.9. The van der Waals surface area contributed by atoms with E-state index in [4.69, 9.17) is 10.1 Å². The fraction of sp³-hybridized carbons (Fsp3) is 0.409. The van der Waals surface area contributed by atoms with E-state index in [2.05, 4.69) is 38.8 Å². The molecule has 1 atom stereocenters. The lowest BCUT2D eigenvalue weighted by molar-refractivity contribution is -0.120. The van der Waals surface area contributed by atoms with Gasteiger partial charge in [-0.1, -0.05) is 6.92 Å². The van der Waals surface area contributed by atoms with Gasteiger partial charge < -0.3 is 10.2 Å². The van der Waals surface area contributed by atoms with E-state index >= 15 is 0 Å². The number of H-pyrrole nitrogens is 1. The normalized spacial score (nSPS) is 21.5. The van der Waals surface area contributed by atoms with E-state index in [1.165, 1.54) is 24.2 Å². The third-order valence-electron chi connectivity index (χ3n) is 6.88. The van der Waals surface area contributed by atoms with E-state index in [1.807, 2.05) is 35.5 Å². The molecule has 1 amide bonds. The van der Waals surface area contributed by atoms with Crippen molar-refractivity contribution in [1.29, 1.82) is 0 Å². The predicted molar refractivity (Wildman–Crippen MR) is 127 cm³/mol. The first-order valence-corrected chi connectivity index (χ1v) is 12.0. The van der Waals surface area contributed by atoms with Gasteiger partial charge in [0.25, 0.3) is 5.91 Å². The quantitative estimate of drug-likeness (QED) is 0.399. The van der Waals surface area contributed by atoms with Gasteiger partial charge in [0.1, 0.15) is 11.1 Å². The summed E-state index contributed by atoms with van der Waals surface area (Å²) in [5.41, 5.74) is 1.41. The van der Waals surface area contributed by atoms with Crippen LogP contribution in [-0.2, 0) is 10.2 Å². The molecule has 2 aliphatic rings. The van der Waals surface area contributed by atoms with Gasteiger partial charge in [0.05, 0.1) is 0 Å². The Balaban J connectivity index is 1.33. The molecule has 1 aliphatic carbocycles. The standard InChI is InChI=1S/C22H25N9OS/c1-21(7-8-21)15-13-16(28-27-15)24-17-14-5-3-11-31(14)29-19(25-17)30-10-4-6-22(30,2)18(32)26-20-23-9-12-33-20/h3,5,9,11-13H,4,6-8,10H2,1-2H3,(H,23,26,32)(H2,24,25,27,28,29)/t22-/m0/s1. The van der Waals surface area contributed by atoms with Crippen molar-refractivity contribution < 1.29 is 4.79 Å². The molecule has 0 aromatic carbocycles. The van der Waals surface area contributed by atoms with Gasteiger partial charge in [-0.2, -0.15) is 10.1 Å². The average Bonchev–Trinajstić information content (AvgIpc) is 3.35. The summed E-state index contributed by atoms with van der Waals surface area (Å²) >= 11 is 1.40. The molecule has 1 saturated heterocycles. The Bertz CT molecular complexity index is 1320. The molecule has 0 unspecified atom stereocenters. The highest BCUT2D eigenvalue weighted by Gasteiger charge is 2.45.